The van der Waals surface area contributed by atoms with Gasteiger partial charge in [-0.25, -0.2) is 0 Å². The highest BCUT2D eigenvalue weighted by atomic mass is 35.5. The maximum atomic E-state index is 11.8. The standard InChI is InChI=1S/C14H14ClN3O/c1-8-4-3-5-9(2)12(8)13(14(16)19)10-6-7-11(15)18-17-10/h3-7,13H,1-2H3,(H2,16,19). The second-order valence-corrected chi connectivity index (χ2v) is 4.81. The number of amides is 1. The Bertz CT molecular complexity index is 590. The molecule has 2 N–H and O–H groups in total. The minimum Gasteiger partial charge on any atom is -0.369 e. The number of benzene rings is 1. The second-order valence-electron chi connectivity index (χ2n) is 4.42. The van der Waals surface area contributed by atoms with Gasteiger partial charge in [0, 0.05) is 0 Å². The lowest BCUT2D eigenvalue weighted by atomic mass is 9.88. The van der Waals surface area contributed by atoms with Crippen molar-refractivity contribution in [1.82, 2.24) is 10.2 Å². The fourth-order valence-electron chi connectivity index (χ4n) is 2.20. The van der Waals surface area contributed by atoms with Crippen LogP contribution in [-0.4, -0.2) is 16.1 Å². The molecule has 98 valence electrons. The summed E-state index contributed by atoms with van der Waals surface area (Å²) in [5, 5.41) is 8.04. The van der Waals surface area contributed by atoms with E-state index in [-0.39, 0.29) is 5.15 Å². The molecule has 2 aromatic rings. The van der Waals surface area contributed by atoms with Crippen molar-refractivity contribution in [3.05, 3.63) is 57.9 Å². The van der Waals surface area contributed by atoms with E-state index >= 15 is 0 Å². The average Bonchev–Trinajstić information content (AvgIpc) is 2.35. The Morgan fingerprint density at radius 3 is 2.26 bits per heavy atom. The largest absolute Gasteiger partial charge is 0.369 e. The third kappa shape index (κ3) is 2.74. The smallest absolute Gasteiger partial charge is 0.231 e. The molecule has 0 spiro atoms. The van der Waals surface area contributed by atoms with E-state index in [1.54, 1.807) is 12.1 Å². The van der Waals surface area contributed by atoms with Gasteiger partial charge in [0.15, 0.2) is 5.15 Å². The van der Waals surface area contributed by atoms with Crippen molar-refractivity contribution < 1.29 is 4.79 Å². The lowest BCUT2D eigenvalue weighted by molar-refractivity contribution is -0.118. The summed E-state index contributed by atoms with van der Waals surface area (Å²) in [6, 6.07) is 9.12. The first-order valence-corrected chi connectivity index (χ1v) is 6.23. The number of aromatic nitrogens is 2. The summed E-state index contributed by atoms with van der Waals surface area (Å²) in [5.74, 6) is -1.06. The molecule has 5 heteroatoms. The van der Waals surface area contributed by atoms with Crippen LogP contribution in [0, 0.1) is 13.8 Å². The molecule has 4 nitrogen and oxygen atoms in total. The molecule has 19 heavy (non-hydrogen) atoms. The molecule has 0 fully saturated rings. The summed E-state index contributed by atoms with van der Waals surface area (Å²) >= 11 is 5.71. The highest BCUT2D eigenvalue weighted by Crippen LogP contribution is 2.28. The van der Waals surface area contributed by atoms with Gasteiger partial charge in [-0.15, -0.1) is 5.10 Å². The molecule has 1 aromatic carbocycles. The zero-order valence-corrected chi connectivity index (χ0v) is 11.5. The van der Waals surface area contributed by atoms with E-state index in [2.05, 4.69) is 10.2 Å². The van der Waals surface area contributed by atoms with E-state index in [0.717, 1.165) is 16.7 Å². The highest BCUT2D eigenvalue weighted by Gasteiger charge is 2.25. The van der Waals surface area contributed by atoms with Crippen molar-refractivity contribution in [1.29, 1.82) is 0 Å². The molecule has 0 bridgehead atoms. The third-order valence-corrected chi connectivity index (χ3v) is 3.27. The first-order chi connectivity index (χ1) is 9.00. The van der Waals surface area contributed by atoms with Crippen LogP contribution in [-0.2, 0) is 4.79 Å². The molecule has 0 saturated carbocycles. The van der Waals surface area contributed by atoms with Gasteiger partial charge in [-0.1, -0.05) is 29.8 Å². The van der Waals surface area contributed by atoms with Gasteiger partial charge in [-0.2, -0.15) is 5.10 Å². The summed E-state index contributed by atoms with van der Waals surface area (Å²) in [5.41, 5.74) is 8.93. The molecule has 0 aliphatic heterocycles. The van der Waals surface area contributed by atoms with Crippen molar-refractivity contribution in [2.24, 2.45) is 5.73 Å². The number of carbonyl (C=O) groups excluding carboxylic acids is 1. The summed E-state index contributed by atoms with van der Waals surface area (Å²) in [7, 11) is 0. The van der Waals surface area contributed by atoms with Gasteiger partial charge in [0.1, 0.15) is 5.92 Å². The number of hydrogen-bond donors (Lipinski definition) is 1. The molecule has 1 unspecified atom stereocenters. The minimum absolute atomic E-state index is 0.286. The molecule has 0 saturated heterocycles. The van der Waals surface area contributed by atoms with Crippen LogP contribution in [0.15, 0.2) is 30.3 Å². The normalized spacial score (nSPS) is 12.2. The SMILES string of the molecule is Cc1cccc(C)c1C(C(N)=O)c1ccc(Cl)nn1. The van der Waals surface area contributed by atoms with Gasteiger partial charge in [0.05, 0.1) is 5.69 Å². The van der Waals surface area contributed by atoms with Crippen LogP contribution >= 0.6 is 11.6 Å². The van der Waals surface area contributed by atoms with Crippen molar-refractivity contribution in [2.75, 3.05) is 0 Å². The average molecular weight is 276 g/mol. The number of aryl methyl sites for hydroxylation is 2. The fourth-order valence-corrected chi connectivity index (χ4v) is 2.30. The Kier molecular flexibility index (Phi) is 3.81. The maximum absolute atomic E-state index is 11.8. The van der Waals surface area contributed by atoms with Gasteiger partial charge in [0.2, 0.25) is 5.91 Å². The van der Waals surface area contributed by atoms with Gasteiger partial charge in [-0.05, 0) is 42.7 Å². The van der Waals surface area contributed by atoms with E-state index in [1.807, 2.05) is 32.0 Å². The summed E-state index contributed by atoms with van der Waals surface area (Å²) < 4.78 is 0. The van der Waals surface area contributed by atoms with Crippen LogP contribution in [0.4, 0.5) is 0 Å². The van der Waals surface area contributed by atoms with Crippen molar-refractivity contribution in [2.45, 2.75) is 19.8 Å². The molecule has 0 radical (unpaired) electrons. The van der Waals surface area contributed by atoms with Crippen LogP contribution in [0.1, 0.15) is 28.3 Å². The number of nitrogens with two attached hydrogens (primary N) is 1. The van der Waals surface area contributed by atoms with E-state index < -0.39 is 11.8 Å². The molecule has 0 aliphatic carbocycles. The van der Waals surface area contributed by atoms with E-state index in [0.29, 0.717) is 5.69 Å². The monoisotopic (exact) mass is 275 g/mol. The Labute approximate surface area is 116 Å². The highest BCUT2D eigenvalue weighted by molar-refractivity contribution is 6.29. The van der Waals surface area contributed by atoms with Crippen LogP contribution in [0.2, 0.25) is 5.15 Å². The zero-order chi connectivity index (χ0) is 14.0. The molecule has 0 aliphatic rings. The number of nitrogens with zero attached hydrogens (tertiary/aromatic N) is 2. The Morgan fingerprint density at radius 2 is 1.79 bits per heavy atom. The first kappa shape index (κ1) is 13.5. The van der Waals surface area contributed by atoms with Gasteiger partial charge >= 0.3 is 0 Å². The van der Waals surface area contributed by atoms with Crippen molar-refractivity contribution >= 4 is 17.5 Å². The van der Waals surface area contributed by atoms with Gasteiger partial charge in [0.25, 0.3) is 0 Å². The number of halogens is 1. The Hall–Kier alpha value is -1.94. The van der Waals surface area contributed by atoms with Gasteiger partial charge < -0.3 is 5.73 Å². The molecule has 1 aromatic heterocycles. The predicted octanol–water partition coefficient (Wildman–Crippen LogP) is 2.36. The van der Waals surface area contributed by atoms with Crippen molar-refractivity contribution in [3.8, 4) is 0 Å². The van der Waals surface area contributed by atoms with Crippen molar-refractivity contribution in [3.63, 3.8) is 0 Å². The molecule has 1 heterocycles. The summed E-state index contributed by atoms with van der Waals surface area (Å²) in [4.78, 5) is 11.8. The quantitative estimate of drug-likeness (QED) is 0.935. The Morgan fingerprint density at radius 1 is 1.16 bits per heavy atom. The number of rotatable bonds is 3. The molecule has 1 amide bonds. The topological polar surface area (TPSA) is 68.9 Å². The summed E-state index contributed by atoms with van der Waals surface area (Å²) in [6.07, 6.45) is 0. The minimum atomic E-state index is -0.606. The van der Waals surface area contributed by atoms with Crippen LogP contribution < -0.4 is 5.73 Å². The zero-order valence-electron chi connectivity index (χ0n) is 10.7. The number of hydrogen-bond acceptors (Lipinski definition) is 3. The van der Waals surface area contributed by atoms with E-state index in [9.17, 15) is 4.79 Å². The van der Waals surface area contributed by atoms with Gasteiger partial charge in [-0.3, -0.25) is 4.79 Å². The third-order valence-electron chi connectivity index (χ3n) is 3.06. The number of carbonyl (C=O) groups is 1. The van der Waals surface area contributed by atoms with Crippen LogP contribution in [0.3, 0.4) is 0 Å². The van der Waals surface area contributed by atoms with Crippen LogP contribution in [0.5, 0.6) is 0 Å². The molecule has 1 atom stereocenters. The first-order valence-electron chi connectivity index (χ1n) is 5.85. The fraction of sp³-hybridized carbons (Fsp3) is 0.214. The maximum Gasteiger partial charge on any atom is 0.231 e. The summed E-state index contributed by atoms with van der Waals surface area (Å²) in [6.45, 7) is 3.89. The second kappa shape index (κ2) is 5.36. The molecular formula is C14H14ClN3O. The number of primary amides is 1. The van der Waals surface area contributed by atoms with Crippen LogP contribution in [0.25, 0.3) is 0 Å². The molecule has 2 rings (SSSR count). The lowest BCUT2D eigenvalue weighted by Crippen LogP contribution is -2.25. The molecular weight excluding hydrogens is 262 g/mol. The lowest BCUT2D eigenvalue weighted by Gasteiger charge is -2.17. The van der Waals surface area contributed by atoms with E-state index in [4.69, 9.17) is 17.3 Å². The van der Waals surface area contributed by atoms with E-state index in [1.165, 1.54) is 0 Å². The Balaban J connectivity index is 2.58. The predicted molar refractivity (Wildman–Crippen MR) is 74.0 cm³/mol.